The molecule has 18 rings (SSSR count). The number of imide groups is 3. The van der Waals surface area contributed by atoms with Crippen molar-refractivity contribution in [1.82, 2.24) is 44.8 Å². The van der Waals surface area contributed by atoms with Gasteiger partial charge in [-0.3, -0.25) is 34.4 Å². The summed E-state index contributed by atoms with van der Waals surface area (Å²) in [5.74, 6) is -1.78. The van der Waals surface area contributed by atoms with Gasteiger partial charge >= 0.3 is 47.7 Å². The lowest BCUT2D eigenvalue weighted by Gasteiger charge is -2.27. The van der Waals surface area contributed by atoms with Crippen LogP contribution in [0.2, 0.25) is 0 Å². The third-order valence-electron chi connectivity index (χ3n) is 23.0. The van der Waals surface area contributed by atoms with Gasteiger partial charge in [0.2, 0.25) is 0 Å². The first-order valence-corrected chi connectivity index (χ1v) is 49.9. The number of halogens is 7. The molecule has 6 aromatic heterocycles. The summed E-state index contributed by atoms with van der Waals surface area (Å²) in [6, 6.07) is 60.7. The quantitative estimate of drug-likeness (QED) is 0.0111. The lowest BCUT2D eigenvalue weighted by Crippen LogP contribution is -2.39. The third-order valence-corrected chi connectivity index (χ3v) is 26.7. The van der Waals surface area contributed by atoms with E-state index < -0.39 is 81.9 Å². The van der Waals surface area contributed by atoms with E-state index in [2.05, 4.69) is 55.2 Å². The summed E-state index contributed by atoms with van der Waals surface area (Å²) in [5.41, 5.74) is 14.7. The van der Waals surface area contributed by atoms with Crippen LogP contribution < -0.4 is 50.6 Å². The number of rotatable bonds is 29. The van der Waals surface area contributed by atoms with E-state index in [0.717, 1.165) is 108 Å². The maximum absolute atomic E-state index is 15.3. The summed E-state index contributed by atoms with van der Waals surface area (Å²) in [6.45, 7) is 16.9. The molecule has 3 fully saturated rings. The van der Waals surface area contributed by atoms with Crippen molar-refractivity contribution in [3.63, 3.8) is 0 Å². The smallest absolute Gasteiger partial charge is 0.410 e. The van der Waals surface area contributed by atoms with Gasteiger partial charge in [-0.2, -0.15) is 0 Å². The van der Waals surface area contributed by atoms with Gasteiger partial charge in [0.25, 0.3) is 0 Å². The van der Waals surface area contributed by atoms with Gasteiger partial charge in [-0.15, -0.1) is 34.0 Å². The maximum atomic E-state index is 15.3. The molecule has 0 unspecified atom stereocenters. The average Bonchev–Trinajstić information content (AvgIpc) is 1.64. The fraction of sp³-hybridized carbons (Fsp3) is 0.239. The van der Waals surface area contributed by atoms with Crippen molar-refractivity contribution in [2.24, 2.45) is 0 Å². The number of benzene rings is 9. The van der Waals surface area contributed by atoms with Crippen LogP contribution in [0.5, 0.6) is 34.5 Å². The van der Waals surface area contributed by atoms with Gasteiger partial charge in [-0.25, -0.2) is 74.6 Å². The summed E-state index contributed by atoms with van der Waals surface area (Å²) >= 11 is 9.69. The number of fused-ring (bicyclic) bond motifs is 3. The van der Waals surface area contributed by atoms with Crippen LogP contribution in [0.4, 0.5) is 98.8 Å². The molecule has 0 radical (unpaired) electrons. The van der Waals surface area contributed by atoms with Gasteiger partial charge in [0, 0.05) is 191 Å². The molecule has 5 N–H and O–H groups in total. The number of urea groups is 5. The summed E-state index contributed by atoms with van der Waals surface area (Å²) in [5, 5.41) is 7.66. The van der Waals surface area contributed by atoms with Crippen LogP contribution in [0.25, 0.3) is 62.0 Å². The molecule has 0 saturated carbocycles. The molecule has 41 heteroatoms. The summed E-state index contributed by atoms with van der Waals surface area (Å²) in [4.78, 5) is 126. The van der Waals surface area contributed by atoms with Crippen LogP contribution in [0, 0.1) is 34.9 Å². The minimum atomic E-state index is -0.797. The van der Waals surface area contributed by atoms with E-state index in [1.54, 1.807) is 74.0 Å². The number of ether oxygens (including phenoxy) is 8. The minimum absolute atomic E-state index is 0.0273. The summed E-state index contributed by atoms with van der Waals surface area (Å²) < 4.78 is 131. The summed E-state index contributed by atoms with van der Waals surface area (Å²) in [6.07, 6.45) is 4.03. The Kier molecular flexibility index (Phi) is 35.6. The number of pyridine rings is 3. The largest absolute Gasteiger partial charge is 0.453 e. The molecule has 13 amide bonds. The zero-order valence-electron chi connectivity index (χ0n) is 82.8. The molecule has 150 heavy (non-hydrogen) atoms. The fourth-order valence-corrected chi connectivity index (χ4v) is 18.9. The Morgan fingerprint density at radius 2 is 0.720 bits per heavy atom. The number of aromatic nitrogens is 3. The average molecular weight is 2130 g/mol. The maximum Gasteiger partial charge on any atom is 0.410 e. The number of hydrogen-bond donors (Lipinski definition) is 4. The molecule has 778 valence electrons. The van der Waals surface area contributed by atoms with Gasteiger partial charge in [0.1, 0.15) is 45.9 Å². The molecule has 3 aliphatic heterocycles. The normalized spacial score (nSPS) is 13.0. The number of carbonyl (C=O) groups is 8. The monoisotopic (exact) mass is 2120 g/mol. The summed E-state index contributed by atoms with van der Waals surface area (Å²) in [7, 11) is 4.86. The number of nitrogen functional groups attached to an aromatic ring is 1. The van der Waals surface area contributed by atoms with Crippen LogP contribution in [0.15, 0.2) is 255 Å². The van der Waals surface area contributed by atoms with Gasteiger partial charge in [0.05, 0.1) is 63.6 Å². The van der Waals surface area contributed by atoms with Crippen molar-refractivity contribution >= 4 is 158 Å². The van der Waals surface area contributed by atoms with Crippen LogP contribution in [-0.2, 0) is 43.3 Å². The van der Waals surface area contributed by atoms with Crippen molar-refractivity contribution in [2.45, 2.75) is 72.4 Å². The lowest BCUT2D eigenvalue weighted by atomic mass is 10.1. The van der Waals surface area contributed by atoms with E-state index in [1.807, 2.05) is 108 Å². The van der Waals surface area contributed by atoms with E-state index in [1.165, 1.54) is 158 Å². The first-order valence-electron chi connectivity index (χ1n) is 47.1. The van der Waals surface area contributed by atoms with Crippen molar-refractivity contribution in [3.8, 4) is 65.8 Å². The van der Waals surface area contributed by atoms with Crippen molar-refractivity contribution < 1.29 is 103 Å². The molecule has 3 saturated heterocycles. The molecule has 0 atom stereocenters. The number of nitrogens with zero attached hydrogens (tertiary/aromatic N) is 11. The molecule has 3 aliphatic rings. The highest BCUT2D eigenvalue weighted by Crippen LogP contribution is 2.45. The zero-order chi connectivity index (χ0) is 107. The van der Waals surface area contributed by atoms with E-state index >= 15 is 8.78 Å². The van der Waals surface area contributed by atoms with Crippen molar-refractivity contribution in [3.05, 3.63) is 307 Å². The zero-order valence-corrected chi connectivity index (χ0v) is 86.0. The highest BCUT2D eigenvalue weighted by atomic mass is 35.5. The third kappa shape index (κ3) is 28.2. The lowest BCUT2D eigenvalue weighted by molar-refractivity contribution is 0.0175. The van der Waals surface area contributed by atoms with Crippen molar-refractivity contribution in [1.29, 1.82) is 0 Å². The molecular formula is C109H104ClF6N15O16S3. The standard InChI is InChI=1S/C38H37F2N5O6S.C33H29F2N5O4S.C28H30FN3O4S.C10H8ClFN2O2/c1-38(2,3)51-37(48)43(19-20-49-4)23-24-5-7-25(8-6-24)33-22-30-34(52-33)32(15-16-41-30)50-31-14-11-27(21-29(31)40)42-35(46)45-18-17-44(36(45)47)28-12-9-26(39)10-13-28;1-43-17-14-36-20-21-2-4-22(5-3-21)30-19-27-31(45-30)29(12-13-37-27)44-28-11-8-24(18-26(28)35)38-32(41)40-16-15-39(33(40)42)25-9-6-23(34)7-10-25;1-28(2,3)36-27(33)32(13-14-34-4)17-18-5-7-19(8-6-18)25-16-22-26(37-25)24(11-12-31-22)35-23-10-9-20(30)15-21(23)29;11-9(15)14-6-5-13(10(14)16)8-3-1-7(12)2-4-8/h5-16,21-22H,17-20,23H2,1-4H3,(H,42,46);2-13,18-19,36H,14-17,20H2,1H3,(H,38,41);5-12,15-16H,13-14,17,30H2,1-4H3;1-4H,5-6H2. The molecule has 31 nitrogen and oxygen atoms in total. The van der Waals surface area contributed by atoms with E-state index in [4.69, 9.17) is 55.2 Å². The van der Waals surface area contributed by atoms with Crippen molar-refractivity contribution in [2.75, 3.05) is 131 Å². The number of hydrogen-bond acceptors (Lipinski definition) is 24. The predicted molar refractivity (Wildman–Crippen MR) is 566 cm³/mol. The first-order chi connectivity index (χ1) is 72.0. The number of nitrogens with two attached hydrogens (primary N) is 1. The number of thiophene rings is 3. The van der Waals surface area contributed by atoms with E-state index in [0.29, 0.717) is 103 Å². The predicted octanol–water partition coefficient (Wildman–Crippen LogP) is 25.4. The molecule has 9 heterocycles. The second kappa shape index (κ2) is 49.3. The Morgan fingerprint density at radius 1 is 0.393 bits per heavy atom. The number of carbonyl (C=O) groups excluding carboxylic acids is 8. The Balaban J connectivity index is 0.000000158. The van der Waals surface area contributed by atoms with Crippen LogP contribution in [0.3, 0.4) is 0 Å². The van der Waals surface area contributed by atoms with Crippen LogP contribution in [0.1, 0.15) is 58.2 Å². The highest BCUT2D eigenvalue weighted by molar-refractivity contribution is 7.23. The number of anilines is 6. The second-order valence-corrected chi connectivity index (χ2v) is 39.5. The molecule has 15 aromatic rings. The van der Waals surface area contributed by atoms with Gasteiger partial charge in [0.15, 0.2) is 34.7 Å². The topological polar surface area (TPSA) is 337 Å². The van der Waals surface area contributed by atoms with E-state index in [-0.39, 0.29) is 73.3 Å². The van der Waals surface area contributed by atoms with Crippen LogP contribution >= 0.6 is 45.6 Å². The van der Waals surface area contributed by atoms with E-state index in [9.17, 15) is 55.9 Å². The number of nitrogens with one attached hydrogen (secondary N) is 3. The highest BCUT2D eigenvalue weighted by Gasteiger charge is 2.38. The number of amides is 13. The SMILES string of the molecule is COCCN(Cc1ccc(-c2cc3nccc(Oc4ccc(N)cc4F)c3s2)cc1)C(=O)OC(C)(C)C.COCCN(Cc1ccc(-c2cc3nccc(Oc4ccc(NC(=O)N5CCN(c6ccc(F)cc6)C5=O)cc4F)c3s2)cc1)C(=O)OC(C)(C)C.COCCNCc1ccc(-c2cc3nccc(Oc4ccc(NC(=O)N5CCN(c6ccc(F)cc6)C5=O)cc4F)c3s2)cc1.O=C(Cl)N1CCN(c2ccc(F)cc2)C1=O. The van der Waals surface area contributed by atoms with Gasteiger partial charge in [-0.05, 0) is 214 Å². The first kappa shape index (κ1) is 108. The fourth-order valence-electron chi connectivity index (χ4n) is 15.5. The Hall–Kier alpha value is -15.8. The Labute approximate surface area is 876 Å². The Bertz CT molecular complexity index is 7360. The molecule has 0 bridgehead atoms. The second-order valence-electron chi connectivity index (χ2n) is 36.0. The molecule has 0 spiro atoms. The minimum Gasteiger partial charge on any atom is -0.453 e. The Morgan fingerprint density at radius 3 is 1.04 bits per heavy atom. The van der Waals surface area contributed by atoms with Gasteiger partial charge in [-0.1, -0.05) is 72.8 Å². The molecule has 9 aromatic carbocycles. The van der Waals surface area contributed by atoms with Crippen LogP contribution in [-0.4, -0.2) is 198 Å². The number of methoxy groups -OCH3 is 3. The molecule has 0 aliphatic carbocycles. The van der Waals surface area contributed by atoms with Gasteiger partial charge < -0.3 is 69.4 Å². The molecular weight excluding hydrogens is 2020 g/mol.